The molecule has 0 fully saturated rings. The summed E-state index contributed by atoms with van der Waals surface area (Å²) in [6.45, 7) is 1.44. The third-order valence-electron chi connectivity index (χ3n) is 2.03. The van der Waals surface area contributed by atoms with E-state index >= 15 is 0 Å². The molecular weight excluding hydrogens is 304 g/mol. The summed E-state index contributed by atoms with van der Waals surface area (Å²) in [4.78, 5) is 32.8. The van der Waals surface area contributed by atoms with Crippen molar-refractivity contribution in [3.8, 4) is 5.75 Å². The van der Waals surface area contributed by atoms with Gasteiger partial charge in [0.1, 0.15) is 5.75 Å². The highest BCUT2D eigenvalue weighted by atomic mass is 79.9. The van der Waals surface area contributed by atoms with Crippen LogP contribution in [-0.2, 0) is 4.79 Å². The lowest BCUT2D eigenvalue weighted by molar-refractivity contribution is -0.126. The number of amides is 3. The van der Waals surface area contributed by atoms with Crippen molar-refractivity contribution in [2.24, 2.45) is 5.73 Å². The van der Waals surface area contributed by atoms with Gasteiger partial charge in [-0.1, -0.05) is 6.07 Å². The van der Waals surface area contributed by atoms with Crippen LogP contribution < -0.4 is 15.8 Å². The normalized spacial score (nSPS) is 11.4. The Morgan fingerprint density at radius 2 is 2.17 bits per heavy atom. The van der Waals surface area contributed by atoms with Gasteiger partial charge in [-0.25, -0.2) is 4.79 Å². The molecule has 1 unspecified atom stereocenters. The molecule has 96 valence electrons. The number of halogens is 1. The molecule has 0 aromatic heterocycles. The van der Waals surface area contributed by atoms with Crippen LogP contribution in [0.2, 0.25) is 0 Å². The Balaban J connectivity index is 2.87. The quantitative estimate of drug-likeness (QED) is 0.816. The Hall–Kier alpha value is -1.89. The first-order valence-electron chi connectivity index (χ1n) is 4.96. The average molecular weight is 315 g/mol. The first-order valence-corrected chi connectivity index (χ1v) is 5.75. The lowest BCUT2D eigenvalue weighted by Crippen LogP contribution is -2.42. The highest BCUT2D eigenvalue weighted by Crippen LogP contribution is 2.28. The number of primary amides is 1. The molecule has 0 aliphatic heterocycles. The molecule has 0 aliphatic carbocycles. The molecule has 0 aliphatic rings. The van der Waals surface area contributed by atoms with Gasteiger partial charge >= 0.3 is 6.03 Å². The van der Waals surface area contributed by atoms with Crippen LogP contribution in [0.1, 0.15) is 17.3 Å². The Kier molecular flexibility index (Phi) is 4.85. The number of carbonyl (C=O) groups is 3. The van der Waals surface area contributed by atoms with Crippen molar-refractivity contribution in [3.63, 3.8) is 0 Å². The third kappa shape index (κ3) is 3.56. The second kappa shape index (κ2) is 6.15. The Morgan fingerprint density at radius 3 is 2.72 bits per heavy atom. The minimum absolute atomic E-state index is 0.236. The fourth-order valence-electron chi connectivity index (χ4n) is 1.20. The third-order valence-corrected chi connectivity index (χ3v) is 2.66. The van der Waals surface area contributed by atoms with Gasteiger partial charge in [-0.15, -0.1) is 0 Å². The SMILES string of the molecule is CC(Oc1c(Br)cccc1C=O)C(=O)NC(N)=O. The van der Waals surface area contributed by atoms with Gasteiger partial charge in [-0.2, -0.15) is 0 Å². The predicted octanol–water partition coefficient (Wildman–Crippen LogP) is 1.22. The molecule has 18 heavy (non-hydrogen) atoms. The zero-order valence-electron chi connectivity index (χ0n) is 9.48. The molecule has 6 nitrogen and oxygen atoms in total. The second-order valence-corrected chi connectivity index (χ2v) is 4.24. The molecule has 7 heteroatoms. The number of para-hydroxylation sites is 1. The van der Waals surface area contributed by atoms with Crippen LogP contribution in [-0.4, -0.2) is 24.3 Å². The van der Waals surface area contributed by atoms with Crippen molar-refractivity contribution in [2.75, 3.05) is 0 Å². The standard InChI is InChI=1S/C11H11BrN2O4/c1-6(10(16)14-11(13)17)18-9-7(5-15)3-2-4-8(9)12/h2-6H,1H3,(H3,13,14,16,17). The van der Waals surface area contributed by atoms with Crippen LogP contribution in [0.25, 0.3) is 0 Å². The lowest BCUT2D eigenvalue weighted by atomic mass is 10.2. The van der Waals surface area contributed by atoms with Gasteiger partial charge in [0.05, 0.1) is 10.0 Å². The zero-order valence-corrected chi connectivity index (χ0v) is 11.1. The van der Waals surface area contributed by atoms with Crippen molar-refractivity contribution in [2.45, 2.75) is 13.0 Å². The summed E-state index contributed by atoms with van der Waals surface area (Å²) in [5.41, 5.74) is 5.11. The molecule has 0 saturated heterocycles. The van der Waals surface area contributed by atoms with E-state index < -0.39 is 18.0 Å². The fraction of sp³-hybridized carbons (Fsp3) is 0.182. The molecule has 0 saturated carbocycles. The van der Waals surface area contributed by atoms with Crippen LogP contribution >= 0.6 is 15.9 Å². The van der Waals surface area contributed by atoms with E-state index in [-0.39, 0.29) is 5.75 Å². The van der Waals surface area contributed by atoms with Crippen LogP contribution in [0.15, 0.2) is 22.7 Å². The van der Waals surface area contributed by atoms with Gasteiger partial charge < -0.3 is 10.5 Å². The van der Waals surface area contributed by atoms with E-state index in [4.69, 9.17) is 10.5 Å². The predicted molar refractivity (Wildman–Crippen MR) is 67.3 cm³/mol. The Labute approximate surface area is 112 Å². The molecule has 0 bridgehead atoms. The molecule has 1 atom stereocenters. The Bertz CT molecular complexity index is 490. The van der Waals surface area contributed by atoms with E-state index in [0.717, 1.165) is 0 Å². The minimum atomic E-state index is -0.963. The molecule has 1 rings (SSSR count). The summed E-state index contributed by atoms with van der Waals surface area (Å²) in [5, 5.41) is 1.89. The van der Waals surface area contributed by atoms with Gasteiger partial charge in [0, 0.05) is 0 Å². The number of urea groups is 1. The number of nitrogens with one attached hydrogen (secondary N) is 1. The molecular formula is C11H11BrN2O4. The van der Waals surface area contributed by atoms with E-state index in [1.807, 2.05) is 5.32 Å². The number of nitrogens with two attached hydrogens (primary N) is 1. The van der Waals surface area contributed by atoms with Crippen molar-refractivity contribution in [3.05, 3.63) is 28.2 Å². The largest absolute Gasteiger partial charge is 0.479 e. The van der Waals surface area contributed by atoms with Crippen LogP contribution in [0.3, 0.4) is 0 Å². The van der Waals surface area contributed by atoms with E-state index in [0.29, 0.717) is 16.3 Å². The molecule has 3 N–H and O–H groups in total. The van der Waals surface area contributed by atoms with Crippen molar-refractivity contribution < 1.29 is 19.1 Å². The number of rotatable bonds is 4. The van der Waals surface area contributed by atoms with Gasteiger partial charge in [0.15, 0.2) is 12.4 Å². The van der Waals surface area contributed by atoms with Crippen molar-refractivity contribution >= 4 is 34.2 Å². The topological polar surface area (TPSA) is 98.5 Å². The molecule has 1 aromatic carbocycles. The van der Waals surface area contributed by atoms with Gasteiger partial charge in [0.2, 0.25) is 0 Å². The molecule has 1 aromatic rings. The summed E-state index contributed by atoms with van der Waals surface area (Å²) in [7, 11) is 0. The lowest BCUT2D eigenvalue weighted by Gasteiger charge is -2.15. The highest BCUT2D eigenvalue weighted by molar-refractivity contribution is 9.10. The van der Waals surface area contributed by atoms with Gasteiger partial charge in [0.25, 0.3) is 5.91 Å². The number of benzene rings is 1. The van der Waals surface area contributed by atoms with E-state index in [2.05, 4.69) is 15.9 Å². The summed E-state index contributed by atoms with van der Waals surface area (Å²) in [6, 6.07) is 3.92. The number of hydrogen-bond acceptors (Lipinski definition) is 4. The monoisotopic (exact) mass is 314 g/mol. The molecule has 0 spiro atoms. The number of hydrogen-bond donors (Lipinski definition) is 2. The maximum Gasteiger partial charge on any atom is 0.318 e. The molecule has 3 amide bonds. The zero-order chi connectivity index (χ0) is 13.7. The first kappa shape index (κ1) is 14.2. The second-order valence-electron chi connectivity index (χ2n) is 3.39. The van der Waals surface area contributed by atoms with Crippen LogP contribution in [0, 0.1) is 0 Å². The Morgan fingerprint density at radius 1 is 1.50 bits per heavy atom. The maximum atomic E-state index is 11.4. The fourth-order valence-corrected chi connectivity index (χ4v) is 1.67. The number of aldehydes is 1. The van der Waals surface area contributed by atoms with Crippen molar-refractivity contribution in [1.29, 1.82) is 0 Å². The molecule has 0 radical (unpaired) electrons. The highest BCUT2D eigenvalue weighted by Gasteiger charge is 2.19. The number of carbonyl (C=O) groups excluding carboxylic acids is 3. The van der Waals surface area contributed by atoms with Gasteiger partial charge in [-0.05, 0) is 35.0 Å². The first-order chi connectivity index (χ1) is 8.45. The summed E-state index contributed by atoms with van der Waals surface area (Å²) in [5.74, 6) is -0.449. The summed E-state index contributed by atoms with van der Waals surface area (Å²) in [6.07, 6.45) is -0.353. The maximum absolute atomic E-state index is 11.4. The van der Waals surface area contributed by atoms with Crippen molar-refractivity contribution in [1.82, 2.24) is 5.32 Å². The minimum Gasteiger partial charge on any atom is -0.479 e. The van der Waals surface area contributed by atoms with Crippen LogP contribution in [0.4, 0.5) is 4.79 Å². The van der Waals surface area contributed by atoms with E-state index in [9.17, 15) is 14.4 Å². The summed E-state index contributed by atoms with van der Waals surface area (Å²) >= 11 is 3.21. The van der Waals surface area contributed by atoms with Crippen LogP contribution in [0.5, 0.6) is 5.75 Å². The van der Waals surface area contributed by atoms with E-state index in [1.54, 1.807) is 18.2 Å². The smallest absolute Gasteiger partial charge is 0.318 e. The molecule has 0 heterocycles. The van der Waals surface area contributed by atoms with Gasteiger partial charge in [-0.3, -0.25) is 14.9 Å². The van der Waals surface area contributed by atoms with E-state index in [1.165, 1.54) is 6.92 Å². The summed E-state index contributed by atoms with van der Waals surface area (Å²) < 4.78 is 5.87. The number of imide groups is 1. The number of ether oxygens (including phenoxy) is 1. The average Bonchev–Trinajstić information content (AvgIpc) is 2.30.